The summed E-state index contributed by atoms with van der Waals surface area (Å²) in [5.74, 6) is 0.967. The van der Waals surface area contributed by atoms with Crippen molar-refractivity contribution in [1.29, 1.82) is 0 Å². The molecule has 0 spiro atoms. The molecule has 0 atom stereocenters. The predicted molar refractivity (Wildman–Crippen MR) is 57.6 cm³/mol. The molecule has 13 heavy (non-hydrogen) atoms. The fraction of sp³-hybridized carbons (Fsp3) is 0.385. The van der Waals surface area contributed by atoms with Gasteiger partial charge < -0.3 is 0 Å². The molecule has 0 aromatic heterocycles. The van der Waals surface area contributed by atoms with Gasteiger partial charge in [0.2, 0.25) is 0 Å². The van der Waals surface area contributed by atoms with E-state index in [9.17, 15) is 0 Å². The van der Waals surface area contributed by atoms with E-state index < -0.39 is 0 Å². The zero-order chi connectivity index (χ0) is 9.10. The minimum atomic E-state index is 0.967. The minimum absolute atomic E-state index is 0.967. The lowest BCUT2D eigenvalue weighted by Gasteiger charge is -2.25. The number of hydrogen-bond donors (Lipinski definition) is 0. The fourth-order valence-electron chi connectivity index (χ4n) is 1.82. The smallest absolute Gasteiger partial charge is 0.0250 e. The van der Waals surface area contributed by atoms with Crippen LogP contribution in [0.2, 0.25) is 0 Å². The van der Waals surface area contributed by atoms with Crippen LogP contribution in [0, 0.1) is 5.92 Å². The molecule has 1 aliphatic rings. The largest absolute Gasteiger partial charge is 0.0985 e. The zero-order valence-corrected chi connectivity index (χ0v) is 8.00. The number of rotatable bonds is 3. The van der Waals surface area contributed by atoms with Gasteiger partial charge in [-0.15, -0.1) is 0 Å². The molecule has 0 bridgehead atoms. The Morgan fingerprint density at radius 2 is 1.92 bits per heavy atom. The van der Waals surface area contributed by atoms with E-state index in [-0.39, 0.29) is 0 Å². The molecule has 1 saturated carbocycles. The molecule has 0 unspecified atom stereocenters. The van der Waals surface area contributed by atoms with Crippen LogP contribution in [0.3, 0.4) is 0 Å². The van der Waals surface area contributed by atoms with Gasteiger partial charge in [0.1, 0.15) is 0 Å². The molecule has 0 saturated heterocycles. The second kappa shape index (κ2) is 3.78. The average Bonchev–Trinajstić information content (AvgIpc) is 2.12. The lowest BCUT2D eigenvalue weighted by molar-refractivity contribution is 0.314. The molecule has 0 heteroatoms. The van der Waals surface area contributed by atoms with Crippen molar-refractivity contribution in [3.05, 3.63) is 42.0 Å². The first-order valence-corrected chi connectivity index (χ1v) is 5.10. The molecule has 0 N–H and O–H groups in total. The van der Waals surface area contributed by atoms with Gasteiger partial charge in [0.25, 0.3) is 0 Å². The standard InChI is InChI=1S/C13H16/c1-2-11-6-8-13(9-7-11)10-12-4-3-5-12/h2,6-9,12H,1,3-5,10H2. The van der Waals surface area contributed by atoms with Gasteiger partial charge in [-0.3, -0.25) is 0 Å². The third-order valence-corrected chi connectivity index (χ3v) is 2.96. The Morgan fingerprint density at radius 3 is 2.38 bits per heavy atom. The molecule has 0 aliphatic heterocycles. The first kappa shape index (κ1) is 8.55. The summed E-state index contributed by atoms with van der Waals surface area (Å²) in [6.45, 7) is 3.75. The van der Waals surface area contributed by atoms with Gasteiger partial charge in [-0.05, 0) is 23.5 Å². The van der Waals surface area contributed by atoms with Gasteiger partial charge in [-0.1, -0.05) is 56.2 Å². The third kappa shape index (κ3) is 2.00. The van der Waals surface area contributed by atoms with Gasteiger partial charge in [0.15, 0.2) is 0 Å². The van der Waals surface area contributed by atoms with E-state index in [1.165, 1.54) is 36.8 Å². The van der Waals surface area contributed by atoms with Crippen LogP contribution in [-0.2, 0) is 6.42 Å². The molecule has 0 heterocycles. The molecule has 1 aliphatic carbocycles. The van der Waals surface area contributed by atoms with Crippen LogP contribution >= 0.6 is 0 Å². The summed E-state index contributed by atoms with van der Waals surface area (Å²) in [5, 5.41) is 0. The van der Waals surface area contributed by atoms with E-state index in [1.807, 2.05) is 6.08 Å². The maximum absolute atomic E-state index is 3.75. The van der Waals surface area contributed by atoms with Gasteiger partial charge in [-0.2, -0.15) is 0 Å². The van der Waals surface area contributed by atoms with Crippen molar-refractivity contribution >= 4 is 6.08 Å². The topological polar surface area (TPSA) is 0 Å². The summed E-state index contributed by atoms with van der Waals surface area (Å²) < 4.78 is 0. The van der Waals surface area contributed by atoms with E-state index in [0.29, 0.717) is 0 Å². The highest BCUT2D eigenvalue weighted by molar-refractivity contribution is 5.47. The highest BCUT2D eigenvalue weighted by Crippen LogP contribution is 2.29. The first-order valence-electron chi connectivity index (χ1n) is 5.10. The Hall–Kier alpha value is -1.04. The SMILES string of the molecule is C=Cc1ccc(CC2CCC2)cc1. The zero-order valence-electron chi connectivity index (χ0n) is 8.00. The van der Waals surface area contributed by atoms with Gasteiger partial charge in [0, 0.05) is 0 Å². The maximum atomic E-state index is 3.75. The van der Waals surface area contributed by atoms with Gasteiger partial charge in [-0.25, -0.2) is 0 Å². The van der Waals surface area contributed by atoms with Crippen molar-refractivity contribution in [1.82, 2.24) is 0 Å². The highest BCUT2D eigenvalue weighted by atomic mass is 14.2. The summed E-state index contributed by atoms with van der Waals surface area (Å²) in [5.41, 5.74) is 2.70. The van der Waals surface area contributed by atoms with Crippen LogP contribution in [0.4, 0.5) is 0 Å². The van der Waals surface area contributed by atoms with Crippen LogP contribution in [-0.4, -0.2) is 0 Å². The van der Waals surface area contributed by atoms with Crippen molar-refractivity contribution < 1.29 is 0 Å². The van der Waals surface area contributed by atoms with Crippen molar-refractivity contribution in [2.24, 2.45) is 5.92 Å². The normalized spacial score (nSPS) is 16.6. The molecule has 0 radical (unpaired) electrons. The molecular weight excluding hydrogens is 156 g/mol. The lowest BCUT2D eigenvalue weighted by atomic mass is 9.81. The minimum Gasteiger partial charge on any atom is -0.0985 e. The molecule has 68 valence electrons. The summed E-state index contributed by atoms with van der Waals surface area (Å²) >= 11 is 0. The van der Waals surface area contributed by atoms with Crippen LogP contribution in [0.5, 0.6) is 0 Å². The fourth-order valence-corrected chi connectivity index (χ4v) is 1.82. The Balaban J connectivity index is 2.00. The molecule has 2 rings (SSSR count). The van der Waals surface area contributed by atoms with Crippen LogP contribution in [0.15, 0.2) is 30.8 Å². The van der Waals surface area contributed by atoms with Crippen LogP contribution < -0.4 is 0 Å². The Kier molecular flexibility index (Phi) is 2.49. The maximum Gasteiger partial charge on any atom is -0.0250 e. The number of hydrogen-bond acceptors (Lipinski definition) is 0. The van der Waals surface area contributed by atoms with Crippen LogP contribution in [0.25, 0.3) is 6.08 Å². The van der Waals surface area contributed by atoms with Crippen molar-refractivity contribution in [3.8, 4) is 0 Å². The van der Waals surface area contributed by atoms with Crippen LogP contribution in [0.1, 0.15) is 30.4 Å². The van der Waals surface area contributed by atoms with E-state index in [2.05, 4.69) is 30.8 Å². The lowest BCUT2D eigenvalue weighted by Crippen LogP contribution is -2.13. The Bertz CT molecular complexity index is 277. The molecule has 1 aromatic carbocycles. The first-order chi connectivity index (χ1) is 6.38. The molecule has 0 amide bonds. The predicted octanol–water partition coefficient (Wildman–Crippen LogP) is 3.67. The third-order valence-electron chi connectivity index (χ3n) is 2.96. The molecule has 0 nitrogen and oxygen atoms in total. The Morgan fingerprint density at radius 1 is 1.23 bits per heavy atom. The monoisotopic (exact) mass is 172 g/mol. The van der Waals surface area contributed by atoms with E-state index >= 15 is 0 Å². The highest BCUT2D eigenvalue weighted by Gasteiger charge is 2.17. The molecule has 1 fully saturated rings. The summed E-state index contributed by atoms with van der Waals surface area (Å²) in [6, 6.07) is 8.77. The average molecular weight is 172 g/mol. The van der Waals surface area contributed by atoms with Gasteiger partial charge >= 0.3 is 0 Å². The second-order valence-corrected chi connectivity index (χ2v) is 3.95. The van der Waals surface area contributed by atoms with E-state index in [0.717, 1.165) is 5.92 Å². The summed E-state index contributed by atoms with van der Waals surface area (Å²) in [6.07, 6.45) is 7.48. The van der Waals surface area contributed by atoms with E-state index in [1.54, 1.807) is 0 Å². The summed E-state index contributed by atoms with van der Waals surface area (Å²) in [4.78, 5) is 0. The van der Waals surface area contributed by atoms with E-state index in [4.69, 9.17) is 0 Å². The van der Waals surface area contributed by atoms with Gasteiger partial charge in [0.05, 0.1) is 0 Å². The van der Waals surface area contributed by atoms with Crippen molar-refractivity contribution in [2.45, 2.75) is 25.7 Å². The Labute approximate surface area is 80.3 Å². The quantitative estimate of drug-likeness (QED) is 0.652. The van der Waals surface area contributed by atoms with Crippen molar-refractivity contribution in [2.75, 3.05) is 0 Å². The van der Waals surface area contributed by atoms with Crippen molar-refractivity contribution in [3.63, 3.8) is 0 Å². The molecule has 1 aromatic rings. The molecular formula is C13H16. The summed E-state index contributed by atoms with van der Waals surface area (Å²) in [7, 11) is 0. The number of benzene rings is 1. The second-order valence-electron chi connectivity index (χ2n) is 3.95.